The van der Waals surface area contributed by atoms with Gasteiger partial charge in [0.25, 0.3) is 5.91 Å². The molecule has 1 saturated heterocycles. The summed E-state index contributed by atoms with van der Waals surface area (Å²) in [6.07, 6.45) is 8.29. The van der Waals surface area contributed by atoms with Gasteiger partial charge in [-0.25, -0.2) is 0 Å². The normalized spacial score (nSPS) is 17.9. The lowest BCUT2D eigenvalue weighted by molar-refractivity contribution is -0.947. The molecular formula is C22H37N2O+. The van der Waals surface area contributed by atoms with E-state index in [0.29, 0.717) is 0 Å². The van der Waals surface area contributed by atoms with Crippen molar-refractivity contribution in [3.8, 4) is 0 Å². The highest BCUT2D eigenvalue weighted by Gasteiger charge is 2.41. The fourth-order valence-electron chi connectivity index (χ4n) is 4.55. The van der Waals surface area contributed by atoms with E-state index in [-0.39, 0.29) is 11.9 Å². The van der Waals surface area contributed by atoms with Gasteiger partial charge < -0.3 is 9.80 Å². The molecule has 0 aliphatic carbocycles. The van der Waals surface area contributed by atoms with Crippen LogP contribution in [0.4, 0.5) is 5.69 Å². The number of carbonyl (C=O) groups is 1. The second-order valence-corrected chi connectivity index (χ2v) is 7.86. The molecule has 1 N–H and O–H groups in total. The topological polar surface area (TPSA) is 29.1 Å². The molecule has 1 fully saturated rings. The Labute approximate surface area is 154 Å². The minimum Gasteiger partial charge on any atom is -0.320 e. The molecule has 1 aromatic rings. The van der Waals surface area contributed by atoms with Crippen LogP contribution >= 0.6 is 0 Å². The first-order chi connectivity index (χ1) is 12.0. The Balaban J connectivity index is 2.27. The van der Waals surface area contributed by atoms with Gasteiger partial charge in [0.05, 0.1) is 19.6 Å². The van der Waals surface area contributed by atoms with Crippen molar-refractivity contribution >= 4 is 11.6 Å². The lowest BCUT2D eigenvalue weighted by Gasteiger charge is -2.46. The van der Waals surface area contributed by atoms with Crippen molar-refractivity contribution in [1.82, 2.24) is 0 Å². The number of nitrogens with zero attached hydrogens (tertiary/aromatic N) is 1. The number of anilines is 1. The van der Waals surface area contributed by atoms with Crippen molar-refractivity contribution in [1.29, 1.82) is 0 Å². The maximum Gasteiger partial charge on any atom is 0.282 e. The second kappa shape index (κ2) is 9.38. The molecule has 25 heavy (non-hydrogen) atoms. The van der Waals surface area contributed by atoms with E-state index in [0.717, 1.165) is 53.5 Å². The average molecular weight is 346 g/mol. The number of likely N-dealkylation sites (tertiary alicyclic amines) is 1. The summed E-state index contributed by atoms with van der Waals surface area (Å²) < 4.78 is 1.01. The number of para-hydroxylation sites is 1. The van der Waals surface area contributed by atoms with E-state index in [1.165, 1.54) is 32.4 Å². The van der Waals surface area contributed by atoms with E-state index in [1.807, 2.05) is 0 Å². The summed E-state index contributed by atoms with van der Waals surface area (Å²) in [5.74, 6) is 0.237. The minimum atomic E-state index is 0.0965. The highest BCUT2D eigenvalue weighted by molar-refractivity contribution is 5.95. The number of hydrogen-bond donors (Lipinski definition) is 1. The Hall–Kier alpha value is -1.35. The zero-order valence-electron chi connectivity index (χ0n) is 16.7. The lowest BCUT2D eigenvalue weighted by atomic mass is 9.97. The van der Waals surface area contributed by atoms with Crippen LogP contribution in [0.2, 0.25) is 0 Å². The van der Waals surface area contributed by atoms with E-state index in [9.17, 15) is 4.79 Å². The summed E-state index contributed by atoms with van der Waals surface area (Å²) in [5.41, 5.74) is 3.33. The van der Waals surface area contributed by atoms with Gasteiger partial charge in [-0.3, -0.25) is 4.79 Å². The van der Waals surface area contributed by atoms with Crippen LogP contribution < -0.4 is 5.32 Å². The summed E-state index contributed by atoms with van der Waals surface area (Å²) in [4.78, 5) is 13.4. The molecule has 1 amide bonds. The second-order valence-electron chi connectivity index (χ2n) is 7.86. The van der Waals surface area contributed by atoms with Gasteiger partial charge >= 0.3 is 0 Å². The summed E-state index contributed by atoms with van der Waals surface area (Å²) in [6.45, 7) is 12.1. The Morgan fingerprint density at radius 1 is 1.08 bits per heavy atom. The third-order valence-corrected chi connectivity index (χ3v) is 5.90. The van der Waals surface area contributed by atoms with Crippen LogP contribution in [0.3, 0.4) is 0 Å². The van der Waals surface area contributed by atoms with Gasteiger partial charge in [-0.05, 0) is 57.1 Å². The third kappa shape index (κ3) is 4.84. The van der Waals surface area contributed by atoms with Gasteiger partial charge in [-0.2, -0.15) is 0 Å². The standard InChI is InChI=1S/C22H36N2O/c1-5-7-14-20(24(15-6-2)16-9-8-10-17-24)22(25)23-21-18(3)12-11-13-19(21)4/h11-13,20H,5-10,14-17H2,1-4H3/p+1/t20-/m0/s1. The molecule has 0 unspecified atom stereocenters. The summed E-state index contributed by atoms with van der Waals surface area (Å²) in [7, 11) is 0. The third-order valence-electron chi connectivity index (χ3n) is 5.90. The molecule has 2 rings (SSSR count). The van der Waals surface area contributed by atoms with Gasteiger partial charge in [0.1, 0.15) is 0 Å². The van der Waals surface area contributed by atoms with Gasteiger partial charge in [0, 0.05) is 12.1 Å². The van der Waals surface area contributed by atoms with E-state index in [4.69, 9.17) is 0 Å². The maximum atomic E-state index is 13.4. The predicted molar refractivity (Wildman–Crippen MR) is 107 cm³/mol. The van der Waals surface area contributed by atoms with Crippen molar-refractivity contribution in [2.45, 2.75) is 78.7 Å². The molecule has 0 saturated carbocycles. The summed E-state index contributed by atoms with van der Waals surface area (Å²) in [5, 5.41) is 3.31. The van der Waals surface area contributed by atoms with E-state index >= 15 is 0 Å². The van der Waals surface area contributed by atoms with Gasteiger partial charge in [-0.1, -0.05) is 38.5 Å². The van der Waals surface area contributed by atoms with E-state index in [2.05, 4.69) is 51.2 Å². The van der Waals surface area contributed by atoms with Gasteiger partial charge in [0.2, 0.25) is 0 Å². The molecule has 3 heteroatoms. The molecule has 1 aliphatic rings. The molecule has 0 bridgehead atoms. The zero-order valence-corrected chi connectivity index (χ0v) is 16.7. The van der Waals surface area contributed by atoms with Crippen LogP contribution in [-0.4, -0.2) is 36.1 Å². The maximum absolute atomic E-state index is 13.4. The number of carbonyl (C=O) groups excluding carboxylic acids is 1. The fourth-order valence-corrected chi connectivity index (χ4v) is 4.55. The molecule has 0 spiro atoms. The number of piperidine rings is 1. The smallest absolute Gasteiger partial charge is 0.282 e. The number of rotatable bonds is 8. The first-order valence-corrected chi connectivity index (χ1v) is 10.3. The lowest BCUT2D eigenvalue weighted by Crippen LogP contribution is -2.62. The summed E-state index contributed by atoms with van der Waals surface area (Å²) >= 11 is 0. The molecular weight excluding hydrogens is 308 g/mol. The highest BCUT2D eigenvalue weighted by atomic mass is 16.2. The minimum absolute atomic E-state index is 0.0965. The molecule has 140 valence electrons. The Morgan fingerprint density at radius 3 is 2.28 bits per heavy atom. The molecule has 0 aromatic heterocycles. The van der Waals surface area contributed by atoms with Crippen molar-refractivity contribution in [3.63, 3.8) is 0 Å². The number of benzene rings is 1. The number of amides is 1. The van der Waals surface area contributed by atoms with Crippen LogP contribution in [0.5, 0.6) is 0 Å². The van der Waals surface area contributed by atoms with Crippen molar-refractivity contribution < 1.29 is 9.28 Å². The van der Waals surface area contributed by atoms with E-state index in [1.54, 1.807) is 0 Å². The van der Waals surface area contributed by atoms with Crippen molar-refractivity contribution in [2.24, 2.45) is 0 Å². The quantitative estimate of drug-likeness (QED) is 0.644. The van der Waals surface area contributed by atoms with Crippen LogP contribution in [-0.2, 0) is 4.79 Å². The first-order valence-electron chi connectivity index (χ1n) is 10.3. The van der Waals surface area contributed by atoms with Crippen LogP contribution in [0, 0.1) is 13.8 Å². The molecule has 1 atom stereocenters. The highest BCUT2D eigenvalue weighted by Crippen LogP contribution is 2.29. The van der Waals surface area contributed by atoms with Crippen LogP contribution in [0.25, 0.3) is 0 Å². The Morgan fingerprint density at radius 2 is 1.72 bits per heavy atom. The molecule has 0 radical (unpaired) electrons. The number of unbranched alkanes of at least 4 members (excludes halogenated alkanes) is 1. The monoisotopic (exact) mass is 345 g/mol. The van der Waals surface area contributed by atoms with Crippen molar-refractivity contribution in [2.75, 3.05) is 25.0 Å². The predicted octanol–water partition coefficient (Wildman–Crippen LogP) is 5.21. The summed E-state index contributed by atoms with van der Waals surface area (Å²) in [6, 6.07) is 6.33. The molecule has 3 nitrogen and oxygen atoms in total. The number of hydrogen-bond acceptors (Lipinski definition) is 1. The average Bonchev–Trinajstić information content (AvgIpc) is 2.59. The Kier molecular flexibility index (Phi) is 7.49. The molecule has 1 heterocycles. The molecule has 1 aromatic carbocycles. The fraction of sp³-hybridized carbons (Fsp3) is 0.682. The van der Waals surface area contributed by atoms with Crippen LogP contribution in [0.15, 0.2) is 18.2 Å². The van der Waals surface area contributed by atoms with Gasteiger partial charge in [-0.15, -0.1) is 0 Å². The molecule has 1 aliphatic heterocycles. The largest absolute Gasteiger partial charge is 0.320 e. The number of aryl methyl sites for hydroxylation is 2. The van der Waals surface area contributed by atoms with Gasteiger partial charge in [0.15, 0.2) is 6.04 Å². The number of quaternary nitrogens is 1. The Bertz CT molecular complexity index is 535. The number of nitrogens with one attached hydrogen (secondary N) is 1. The zero-order chi connectivity index (χ0) is 18.3. The van der Waals surface area contributed by atoms with Crippen molar-refractivity contribution in [3.05, 3.63) is 29.3 Å². The first kappa shape index (κ1) is 20.0. The van der Waals surface area contributed by atoms with E-state index < -0.39 is 0 Å². The SMILES string of the molecule is CCCC[C@@H](C(=O)Nc1c(C)cccc1C)[N+]1(CCC)CCCCC1. The van der Waals surface area contributed by atoms with Crippen LogP contribution in [0.1, 0.15) is 69.9 Å².